The summed E-state index contributed by atoms with van der Waals surface area (Å²) in [6.45, 7) is 0.512. The Kier molecular flexibility index (Phi) is 5.43. The topological polar surface area (TPSA) is 88.7 Å². The molecule has 5 rings (SSSR count). The number of nitrogens with zero attached hydrogens (tertiary/aromatic N) is 2. The minimum absolute atomic E-state index is 0.267. The van der Waals surface area contributed by atoms with Gasteiger partial charge in [-0.25, -0.2) is 9.40 Å². The predicted octanol–water partition coefficient (Wildman–Crippen LogP) is 3.20. The third-order valence-corrected chi connectivity index (χ3v) is 5.73. The van der Waals surface area contributed by atoms with Crippen molar-refractivity contribution in [3.05, 3.63) is 90.5 Å². The molecule has 33 heavy (non-hydrogen) atoms. The minimum atomic E-state index is -0.777. The molecule has 1 atom stereocenters. The van der Waals surface area contributed by atoms with Crippen molar-refractivity contribution in [1.82, 2.24) is 15.8 Å². The monoisotopic (exact) mass is 446 g/mol. The van der Waals surface area contributed by atoms with Gasteiger partial charge in [0, 0.05) is 42.2 Å². The number of amides is 2. The molecule has 0 aromatic heterocycles. The Bertz CT molecular complexity index is 1160. The van der Waals surface area contributed by atoms with Crippen molar-refractivity contribution in [2.24, 2.45) is 5.92 Å². The summed E-state index contributed by atoms with van der Waals surface area (Å²) in [5, 5.41) is 11.2. The lowest BCUT2D eigenvalue weighted by Gasteiger charge is -2.31. The van der Waals surface area contributed by atoms with E-state index >= 15 is 0 Å². The smallest absolute Gasteiger partial charge is 0.239 e. The lowest BCUT2D eigenvalue weighted by molar-refractivity contribution is -0.132. The van der Waals surface area contributed by atoms with E-state index < -0.39 is 5.92 Å². The fourth-order valence-corrected chi connectivity index (χ4v) is 4.05. The Hall–Kier alpha value is -4.27. The Morgan fingerprint density at radius 1 is 1.03 bits per heavy atom. The van der Waals surface area contributed by atoms with E-state index in [0.717, 1.165) is 17.2 Å². The van der Waals surface area contributed by atoms with Crippen LogP contribution in [0.2, 0.25) is 0 Å². The Balaban J connectivity index is 1.23. The van der Waals surface area contributed by atoms with E-state index in [1.807, 2.05) is 41.8 Å². The van der Waals surface area contributed by atoms with Crippen LogP contribution in [0.4, 0.5) is 21.5 Å². The van der Waals surface area contributed by atoms with Gasteiger partial charge < -0.3 is 26.3 Å². The highest BCUT2D eigenvalue weighted by atomic mass is 19.1. The molecule has 8 nitrogen and oxygen atoms in total. The van der Waals surface area contributed by atoms with Gasteiger partial charge in [-0.2, -0.15) is 0 Å². The van der Waals surface area contributed by atoms with Crippen LogP contribution in [-0.2, 0) is 9.59 Å². The summed E-state index contributed by atoms with van der Waals surface area (Å²) in [6, 6.07) is 13.1. The highest BCUT2D eigenvalue weighted by Crippen LogP contribution is 2.26. The molecular weight excluding hydrogens is 423 g/mol. The number of hydrogen-bond acceptors (Lipinski definition) is 6. The van der Waals surface area contributed by atoms with Gasteiger partial charge in [0.1, 0.15) is 11.7 Å². The molecule has 9 heteroatoms. The molecule has 2 aromatic carbocycles. The van der Waals surface area contributed by atoms with E-state index in [1.165, 1.54) is 12.1 Å². The maximum absolute atomic E-state index is 13.2. The van der Waals surface area contributed by atoms with E-state index in [-0.39, 0.29) is 17.6 Å². The normalized spacial score (nSPS) is 19.2. The van der Waals surface area contributed by atoms with Crippen molar-refractivity contribution in [3.63, 3.8) is 0 Å². The second kappa shape index (κ2) is 8.70. The molecule has 2 aromatic rings. The van der Waals surface area contributed by atoms with Crippen LogP contribution >= 0.6 is 0 Å². The van der Waals surface area contributed by atoms with Crippen molar-refractivity contribution < 1.29 is 14.0 Å². The number of hydrazine groups is 1. The molecule has 168 valence electrons. The average molecular weight is 446 g/mol. The average Bonchev–Trinajstić information content (AvgIpc) is 3.31. The van der Waals surface area contributed by atoms with Crippen molar-refractivity contribution in [3.8, 4) is 0 Å². The first kappa shape index (κ1) is 20.6. The van der Waals surface area contributed by atoms with Gasteiger partial charge in [0.05, 0.1) is 5.70 Å². The minimum Gasteiger partial charge on any atom is -0.352 e. The summed E-state index contributed by atoms with van der Waals surface area (Å²) in [7, 11) is 0. The molecule has 2 amide bonds. The second-order valence-corrected chi connectivity index (χ2v) is 7.91. The number of allylic oxidation sites excluding steroid dienone is 1. The largest absolute Gasteiger partial charge is 0.352 e. The summed E-state index contributed by atoms with van der Waals surface area (Å²) < 4.78 is 13.2. The number of hydrogen-bond donors (Lipinski definition) is 4. The van der Waals surface area contributed by atoms with Crippen LogP contribution in [0.1, 0.15) is 12.8 Å². The van der Waals surface area contributed by atoms with E-state index in [9.17, 15) is 14.0 Å². The second-order valence-electron chi connectivity index (χ2n) is 7.91. The Morgan fingerprint density at radius 3 is 2.58 bits per heavy atom. The van der Waals surface area contributed by atoms with Gasteiger partial charge in [0.2, 0.25) is 11.8 Å². The van der Waals surface area contributed by atoms with Crippen LogP contribution in [0.25, 0.3) is 0 Å². The molecule has 0 aliphatic carbocycles. The first-order valence-corrected chi connectivity index (χ1v) is 10.7. The number of anilines is 3. The number of piperidine rings is 1. The number of carbonyl (C=O) groups is 2. The van der Waals surface area contributed by atoms with Crippen LogP contribution < -0.4 is 26.3 Å². The number of fused-ring (bicyclic) bond motifs is 1. The Labute approximate surface area is 190 Å². The quantitative estimate of drug-likeness (QED) is 0.528. The maximum Gasteiger partial charge on any atom is 0.239 e. The molecule has 3 heterocycles. The zero-order valence-corrected chi connectivity index (χ0v) is 17.7. The SMILES string of the molecule is O=C(Nc1ccc(NC2=C3NC=CN3NC=C2)cc1)C1CCCN(c2ccc(F)cc2)C1=O. The van der Waals surface area contributed by atoms with Crippen molar-refractivity contribution in [1.29, 1.82) is 0 Å². The summed E-state index contributed by atoms with van der Waals surface area (Å²) in [4.78, 5) is 27.3. The number of carbonyl (C=O) groups excluding carboxylic acids is 2. The van der Waals surface area contributed by atoms with Crippen LogP contribution in [0.15, 0.2) is 84.7 Å². The van der Waals surface area contributed by atoms with Gasteiger partial charge in [0.15, 0.2) is 5.82 Å². The Morgan fingerprint density at radius 2 is 1.79 bits per heavy atom. The third kappa shape index (κ3) is 4.25. The molecule has 0 radical (unpaired) electrons. The van der Waals surface area contributed by atoms with E-state index in [1.54, 1.807) is 29.2 Å². The van der Waals surface area contributed by atoms with Gasteiger partial charge in [-0.3, -0.25) is 9.59 Å². The zero-order valence-electron chi connectivity index (χ0n) is 17.7. The first-order chi connectivity index (χ1) is 16.1. The van der Waals surface area contributed by atoms with E-state index in [4.69, 9.17) is 0 Å². The van der Waals surface area contributed by atoms with Crippen molar-refractivity contribution >= 4 is 28.9 Å². The molecule has 0 bridgehead atoms. The molecule has 3 aliphatic heterocycles. The molecule has 1 saturated heterocycles. The predicted molar refractivity (Wildman–Crippen MR) is 124 cm³/mol. The van der Waals surface area contributed by atoms with E-state index in [0.29, 0.717) is 30.8 Å². The fraction of sp³-hybridized carbons (Fsp3) is 0.167. The van der Waals surface area contributed by atoms with Gasteiger partial charge in [-0.15, -0.1) is 0 Å². The summed E-state index contributed by atoms with van der Waals surface area (Å²) in [5.41, 5.74) is 6.04. The maximum atomic E-state index is 13.2. The zero-order chi connectivity index (χ0) is 22.8. The van der Waals surface area contributed by atoms with Crippen LogP contribution in [-0.4, -0.2) is 23.4 Å². The number of benzene rings is 2. The lowest BCUT2D eigenvalue weighted by Crippen LogP contribution is -2.46. The highest BCUT2D eigenvalue weighted by molar-refractivity contribution is 6.12. The van der Waals surface area contributed by atoms with Crippen LogP contribution in [0.3, 0.4) is 0 Å². The summed E-state index contributed by atoms with van der Waals surface area (Å²) in [5.74, 6) is -0.860. The number of halogens is 1. The summed E-state index contributed by atoms with van der Waals surface area (Å²) >= 11 is 0. The number of nitrogens with one attached hydrogen (secondary N) is 4. The first-order valence-electron chi connectivity index (χ1n) is 10.7. The van der Waals surface area contributed by atoms with Crippen LogP contribution in [0.5, 0.6) is 0 Å². The third-order valence-electron chi connectivity index (χ3n) is 5.73. The summed E-state index contributed by atoms with van der Waals surface area (Å²) in [6.07, 6.45) is 8.64. The fourth-order valence-electron chi connectivity index (χ4n) is 4.05. The number of rotatable bonds is 5. The molecule has 0 spiro atoms. The lowest BCUT2D eigenvalue weighted by atomic mass is 9.95. The van der Waals surface area contributed by atoms with Crippen molar-refractivity contribution in [2.45, 2.75) is 12.8 Å². The van der Waals surface area contributed by atoms with Gasteiger partial charge in [-0.1, -0.05) is 0 Å². The molecule has 1 unspecified atom stereocenters. The molecule has 1 fully saturated rings. The highest BCUT2D eigenvalue weighted by Gasteiger charge is 2.34. The van der Waals surface area contributed by atoms with Crippen molar-refractivity contribution in [2.75, 3.05) is 22.1 Å². The standard InChI is InChI=1S/C24H23FN6O2/c25-16-3-9-19(10-4-16)30-14-1-2-20(24(30)33)23(32)29-18-7-5-17(6-8-18)28-21-11-12-27-31-15-13-26-22(21)31/h3-13,15,20,26-28H,1-2,14H2,(H,29,32). The van der Waals surface area contributed by atoms with E-state index in [2.05, 4.69) is 21.4 Å². The van der Waals surface area contributed by atoms with Gasteiger partial charge in [-0.05, 0) is 67.4 Å². The molecule has 3 aliphatic rings. The molecular formula is C24H23FN6O2. The molecule has 4 N–H and O–H groups in total. The van der Waals surface area contributed by atoms with Gasteiger partial charge >= 0.3 is 0 Å². The van der Waals surface area contributed by atoms with Crippen LogP contribution in [0, 0.1) is 11.7 Å². The molecule has 0 saturated carbocycles. The van der Waals surface area contributed by atoms with Gasteiger partial charge in [0.25, 0.3) is 0 Å².